The van der Waals surface area contributed by atoms with Crippen molar-refractivity contribution in [3.63, 3.8) is 0 Å². The number of benzene rings is 1. The van der Waals surface area contributed by atoms with E-state index in [1.165, 1.54) is 0 Å². The van der Waals surface area contributed by atoms with Crippen LogP contribution in [0.4, 0.5) is 10.5 Å². The van der Waals surface area contributed by atoms with Gasteiger partial charge in [-0.25, -0.2) is 4.79 Å². The second kappa shape index (κ2) is 6.41. The molecule has 1 fully saturated rings. The minimum Gasteiger partial charge on any atom is -0.481 e. The van der Waals surface area contributed by atoms with Crippen LogP contribution in [0, 0.1) is 5.92 Å². The Labute approximate surface area is 118 Å². The van der Waals surface area contributed by atoms with Crippen molar-refractivity contribution in [2.75, 3.05) is 24.5 Å². The molecule has 1 aromatic rings. The third kappa shape index (κ3) is 3.50. The number of carbonyl (C=O) groups excluding carboxylic acids is 1. The van der Waals surface area contributed by atoms with E-state index < -0.39 is 5.97 Å². The van der Waals surface area contributed by atoms with E-state index in [0.29, 0.717) is 5.92 Å². The molecule has 5 nitrogen and oxygen atoms in total. The molecular formula is C15H20N2O3. The number of para-hydroxylation sites is 1. The maximum absolute atomic E-state index is 12.6. The number of hydrogen-bond donors (Lipinski definition) is 1. The summed E-state index contributed by atoms with van der Waals surface area (Å²) >= 11 is 0. The topological polar surface area (TPSA) is 60.9 Å². The summed E-state index contributed by atoms with van der Waals surface area (Å²) < 4.78 is 0. The molecule has 1 aliphatic heterocycles. The Morgan fingerprint density at radius 1 is 1.35 bits per heavy atom. The largest absolute Gasteiger partial charge is 0.481 e. The van der Waals surface area contributed by atoms with Crippen molar-refractivity contribution in [1.29, 1.82) is 0 Å². The fourth-order valence-corrected chi connectivity index (χ4v) is 2.43. The van der Waals surface area contributed by atoms with E-state index >= 15 is 0 Å². The Morgan fingerprint density at radius 3 is 2.60 bits per heavy atom. The van der Waals surface area contributed by atoms with Gasteiger partial charge in [-0.1, -0.05) is 25.1 Å². The molecule has 108 valence electrons. The van der Waals surface area contributed by atoms with Gasteiger partial charge in [0.1, 0.15) is 0 Å². The highest BCUT2D eigenvalue weighted by atomic mass is 16.4. The van der Waals surface area contributed by atoms with Crippen LogP contribution >= 0.6 is 0 Å². The van der Waals surface area contributed by atoms with E-state index in [1.807, 2.05) is 30.3 Å². The normalized spacial score (nSPS) is 18.1. The lowest BCUT2D eigenvalue weighted by atomic mass is 10.2. The van der Waals surface area contributed by atoms with Crippen LogP contribution in [0.2, 0.25) is 0 Å². The Hall–Kier alpha value is -2.04. The maximum atomic E-state index is 12.6. The minimum absolute atomic E-state index is 0.0516. The number of likely N-dealkylation sites (tertiary alicyclic amines) is 1. The Morgan fingerprint density at radius 2 is 2.05 bits per heavy atom. The quantitative estimate of drug-likeness (QED) is 0.918. The highest BCUT2D eigenvalue weighted by Gasteiger charge is 2.28. The van der Waals surface area contributed by atoms with Crippen LogP contribution in [0.15, 0.2) is 30.3 Å². The lowest BCUT2D eigenvalue weighted by Crippen LogP contribution is -2.43. The Kier molecular flexibility index (Phi) is 4.61. The number of rotatable bonds is 4. The number of aliphatic carboxylic acids is 1. The molecule has 0 spiro atoms. The second-order valence-electron chi connectivity index (χ2n) is 5.25. The molecule has 20 heavy (non-hydrogen) atoms. The van der Waals surface area contributed by atoms with Gasteiger partial charge in [0.25, 0.3) is 0 Å². The monoisotopic (exact) mass is 276 g/mol. The molecule has 1 N–H and O–H groups in total. The SMILES string of the molecule is CC1CCN(C(=O)N(CCC(=O)O)c2ccccc2)C1. The van der Waals surface area contributed by atoms with Crippen LogP contribution in [-0.2, 0) is 4.79 Å². The van der Waals surface area contributed by atoms with E-state index in [-0.39, 0.29) is 19.0 Å². The summed E-state index contributed by atoms with van der Waals surface area (Å²) in [7, 11) is 0. The molecule has 0 aliphatic carbocycles. The number of hydrogen-bond acceptors (Lipinski definition) is 2. The zero-order valence-electron chi connectivity index (χ0n) is 11.7. The fourth-order valence-electron chi connectivity index (χ4n) is 2.43. The van der Waals surface area contributed by atoms with Gasteiger partial charge in [-0.05, 0) is 24.5 Å². The van der Waals surface area contributed by atoms with Crippen LogP contribution in [-0.4, -0.2) is 41.6 Å². The molecular weight excluding hydrogens is 256 g/mol. The third-order valence-electron chi connectivity index (χ3n) is 3.54. The Bertz CT molecular complexity index is 475. The summed E-state index contributed by atoms with van der Waals surface area (Å²) in [6.45, 7) is 3.81. The van der Waals surface area contributed by atoms with Crippen molar-refractivity contribution in [3.05, 3.63) is 30.3 Å². The van der Waals surface area contributed by atoms with Crippen LogP contribution in [0.1, 0.15) is 19.8 Å². The molecule has 1 unspecified atom stereocenters. The predicted octanol–water partition coefficient (Wildman–Crippen LogP) is 2.43. The summed E-state index contributed by atoms with van der Waals surface area (Å²) in [5.41, 5.74) is 0.748. The van der Waals surface area contributed by atoms with E-state index in [4.69, 9.17) is 5.11 Å². The zero-order chi connectivity index (χ0) is 14.5. The van der Waals surface area contributed by atoms with Crippen molar-refractivity contribution in [2.45, 2.75) is 19.8 Å². The van der Waals surface area contributed by atoms with Gasteiger partial charge in [0.2, 0.25) is 0 Å². The van der Waals surface area contributed by atoms with Gasteiger partial charge in [0, 0.05) is 25.3 Å². The molecule has 0 bridgehead atoms. The summed E-state index contributed by atoms with van der Waals surface area (Å²) in [5.74, 6) is -0.385. The standard InChI is InChI=1S/C15H20N2O3/c1-12-7-9-16(11-12)15(20)17(10-8-14(18)19)13-5-3-2-4-6-13/h2-6,12H,7-11H2,1H3,(H,18,19). The lowest BCUT2D eigenvalue weighted by Gasteiger charge is -2.27. The Balaban J connectivity index is 2.13. The number of carboxylic acids is 1. The molecule has 2 amide bonds. The van der Waals surface area contributed by atoms with E-state index in [0.717, 1.165) is 25.2 Å². The van der Waals surface area contributed by atoms with Crippen molar-refractivity contribution in [2.24, 2.45) is 5.92 Å². The fraction of sp³-hybridized carbons (Fsp3) is 0.467. The number of carboxylic acid groups (broad SMARTS) is 1. The van der Waals surface area contributed by atoms with E-state index in [9.17, 15) is 9.59 Å². The summed E-state index contributed by atoms with van der Waals surface area (Å²) in [5, 5.41) is 8.85. The second-order valence-corrected chi connectivity index (χ2v) is 5.25. The van der Waals surface area contributed by atoms with E-state index in [2.05, 4.69) is 6.92 Å². The molecule has 1 atom stereocenters. The molecule has 1 heterocycles. The highest BCUT2D eigenvalue weighted by Crippen LogP contribution is 2.21. The molecule has 1 aromatic carbocycles. The third-order valence-corrected chi connectivity index (χ3v) is 3.54. The first-order valence-electron chi connectivity index (χ1n) is 6.91. The lowest BCUT2D eigenvalue weighted by molar-refractivity contribution is -0.136. The first-order valence-corrected chi connectivity index (χ1v) is 6.91. The summed E-state index contributed by atoms with van der Waals surface area (Å²) in [6.07, 6.45) is 0.956. The first-order chi connectivity index (χ1) is 9.58. The van der Waals surface area contributed by atoms with Gasteiger partial charge in [-0.3, -0.25) is 9.69 Å². The van der Waals surface area contributed by atoms with Crippen LogP contribution in [0.3, 0.4) is 0 Å². The van der Waals surface area contributed by atoms with Gasteiger partial charge in [0.05, 0.1) is 6.42 Å². The van der Waals surface area contributed by atoms with Gasteiger partial charge in [-0.15, -0.1) is 0 Å². The van der Waals surface area contributed by atoms with Crippen LogP contribution in [0.5, 0.6) is 0 Å². The van der Waals surface area contributed by atoms with E-state index in [1.54, 1.807) is 9.80 Å². The molecule has 2 rings (SSSR count). The number of carbonyl (C=O) groups is 2. The van der Waals surface area contributed by atoms with Gasteiger partial charge in [0.15, 0.2) is 0 Å². The molecule has 1 saturated heterocycles. The van der Waals surface area contributed by atoms with Crippen LogP contribution in [0.25, 0.3) is 0 Å². The number of anilines is 1. The van der Waals surface area contributed by atoms with Crippen molar-refractivity contribution in [1.82, 2.24) is 4.90 Å². The van der Waals surface area contributed by atoms with Crippen LogP contribution < -0.4 is 4.90 Å². The van der Waals surface area contributed by atoms with Gasteiger partial charge in [-0.2, -0.15) is 0 Å². The smallest absolute Gasteiger partial charge is 0.324 e. The predicted molar refractivity (Wildman–Crippen MR) is 76.8 cm³/mol. The number of urea groups is 1. The van der Waals surface area contributed by atoms with Crippen molar-refractivity contribution >= 4 is 17.7 Å². The molecule has 0 saturated carbocycles. The number of amides is 2. The van der Waals surface area contributed by atoms with Crippen molar-refractivity contribution < 1.29 is 14.7 Å². The average Bonchev–Trinajstić information content (AvgIpc) is 2.86. The molecule has 1 aliphatic rings. The molecule has 0 aromatic heterocycles. The van der Waals surface area contributed by atoms with Gasteiger partial charge < -0.3 is 10.0 Å². The molecule has 0 radical (unpaired) electrons. The molecule has 5 heteroatoms. The summed E-state index contributed by atoms with van der Waals surface area (Å²) in [4.78, 5) is 26.7. The first kappa shape index (κ1) is 14.4. The summed E-state index contributed by atoms with van der Waals surface area (Å²) in [6, 6.07) is 9.15. The van der Waals surface area contributed by atoms with Crippen molar-refractivity contribution in [3.8, 4) is 0 Å². The highest BCUT2D eigenvalue weighted by molar-refractivity contribution is 5.92. The maximum Gasteiger partial charge on any atom is 0.324 e. The van der Waals surface area contributed by atoms with Gasteiger partial charge >= 0.3 is 12.0 Å². The number of nitrogens with zero attached hydrogens (tertiary/aromatic N) is 2. The average molecular weight is 276 g/mol. The minimum atomic E-state index is -0.895. The zero-order valence-corrected chi connectivity index (χ0v) is 11.7.